The number of halogens is 1. The van der Waals surface area contributed by atoms with Gasteiger partial charge >= 0.3 is 0 Å². The van der Waals surface area contributed by atoms with Crippen LogP contribution in [0.1, 0.15) is 24.9 Å². The Morgan fingerprint density at radius 3 is 2.77 bits per heavy atom. The van der Waals surface area contributed by atoms with E-state index in [0.29, 0.717) is 0 Å². The summed E-state index contributed by atoms with van der Waals surface area (Å²) in [6, 6.07) is 5.97. The van der Waals surface area contributed by atoms with Crippen molar-refractivity contribution in [2.24, 2.45) is 5.73 Å². The van der Waals surface area contributed by atoms with Gasteiger partial charge in [0.1, 0.15) is 5.75 Å². The Hall–Kier alpha value is -0.540. The summed E-state index contributed by atoms with van der Waals surface area (Å²) in [5, 5.41) is 0. The molecule has 0 spiro atoms. The number of nitrogens with two attached hydrogens (primary N) is 1. The summed E-state index contributed by atoms with van der Waals surface area (Å²) in [5.74, 6) is 0.851. The van der Waals surface area contributed by atoms with Gasteiger partial charge in [0, 0.05) is 16.1 Å². The van der Waals surface area contributed by atoms with Crippen LogP contribution in [0.25, 0.3) is 0 Å². The SMILES string of the molecule is CCC(N)c1ccc(Br)cc1OC. The molecule has 2 N–H and O–H groups in total. The van der Waals surface area contributed by atoms with Gasteiger partial charge in [-0.1, -0.05) is 28.9 Å². The summed E-state index contributed by atoms with van der Waals surface area (Å²) in [4.78, 5) is 0. The Labute approximate surface area is 87.2 Å². The summed E-state index contributed by atoms with van der Waals surface area (Å²) in [6.07, 6.45) is 0.915. The fourth-order valence-electron chi connectivity index (χ4n) is 1.21. The van der Waals surface area contributed by atoms with E-state index in [1.165, 1.54) is 0 Å². The van der Waals surface area contributed by atoms with E-state index in [-0.39, 0.29) is 6.04 Å². The molecule has 0 fully saturated rings. The van der Waals surface area contributed by atoms with Crippen molar-refractivity contribution < 1.29 is 4.74 Å². The van der Waals surface area contributed by atoms with Crippen LogP contribution in [0.15, 0.2) is 22.7 Å². The highest BCUT2D eigenvalue weighted by molar-refractivity contribution is 9.10. The van der Waals surface area contributed by atoms with Crippen LogP contribution < -0.4 is 10.5 Å². The number of ether oxygens (including phenoxy) is 1. The van der Waals surface area contributed by atoms with Crippen LogP contribution in [-0.4, -0.2) is 7.11 Å². The molecule has 0 heterocycles. The van der Waals surface area contributed by atoms with Crippen LogP contribution in [0.4, 0.5) is 0 Å². The zero-order chi connectivity index (χ0) is 9.84. The van der Waals surface area contributed by atoms with Crippen molar-refractivity contribution in [1.29, 1.82) is 0 Å². The Kier molecular flexibility index (Phi) is 3.75. The van der Waals surface area contributed by atoms with Gasteiger partial charge in [-0.2, -0.15) is 0 Å². The maximum atomic E-state index is 5.93. The van der Waals surface area contributed by atoms with E-state index < -0.39 is 0 Å². The lowest BCUT2D eigenvalue weighted by Gasteiger charge is -2.13. The van der Waals surface area contributed by atoms with Crippen LogP contribution in [0.5, 0.6) is 5.75 Å². The highest BCUT2D eigenvalue weighted by Gasteiger charge is 2.09. The van der Waals surface area contributed by atoms with Gasteiger partial charge in [-0.3, -0.25) is 0 Å². The molecule has 0 saturated carbocycles. The van der Waals surface area contributed by atoms with E-state index in [0.717, 1.165) is 22.2 Å². The van der Waals surface area contributed by atoms with Gasteiger partial charge in [0.15, 0.2) is 0 Å². The third-order valence-corrected chi connectivity index (χ3v) is 2.53. The predicted octanol–water partition coefficient (Wildman–Crippen LogP) is 2.87. The maximum Gasteiger partial charge on any atom is 0.124 e. The number of benzene rings is 1. The summed E-state index contributed by atoms with van der Waals surface area (Å²) in [6.45, 7) is 2.06. The largest absolute Gasteiger partial charge is 0.496 e. The molecule has 0 bridgehead atoms. The van der Waals surface area contributed by atoms with Crippen LogP contribution in [0, 0.1) is 0 Å². The molecule has 0 aliphatic heterocycles. The standard InChI is InChI=1S/C10H14BrNO/c1-3-9(12)8-5-4-7(11)6-10(8)13-2/h4-6,9H,3,12H2,1-2H3. The Balaban J connectivity index is 3.05. The molecule has 0 amide bonds. The molecule has 0 aliphatic rings. The molecule has 1 rings (SSSR count). The fraction of sp³-hybridized carbons (Fsp3) is 0.400. The molecule has 0 aromatic heterocycles. The van der Waals surface area contributed by atoms with Crippen molar-refractivity contribution >= 4 is 15.9 Å². The maximum absolute atomic E-state index is 5.93. The van der Waals surface area contributed by atoms with Gasteiger partial charge in [-0.25, -0.2) is 0 Å². The summed E-state index contributed by atoms with van der Waals surface area (Å²) < 4.78 is 6.25. The minimum Gasteiger partial charge on any atom is -0.496 e. The normalized spacial score (nSPS) is 12.6. The van der Waals surface area contributed by atoms with Crippen LogP contribution >= 0.6 is 15.9 Å². The van der Waals surface area contributed by atoms with Crippen molar-refractivity contribution in [3.8, 4) is 5.75 Å². The molecule has 1 atom stereocenters. The molecular formula is C10H14BrNO. The molecule has 0 saturated heterocycles. The Morgan fingerprint density at radius 1 is 1.54 bits per heavy atom. The number of rotatable bonds is 3. The van der Waals surface area contributed by atoms with E-state index in [1.807, 2.05) is 18.2 Å². The Morgan fingerprint density at radius 2 is 2.23 bits per heavy atom. The highest BCUT2D eigenvalue weighted by Crippen LogP contribution is 2.28. The first-order valence-corrected chi connectivity index (χ1v) is 5.07. The van der Waals surface area contributed by atoms with Crippen LogP contribution in [0.2, 0.25) is 0 Å². The topological polar surface area (TPSA) is 35.2 Å². The van der Waals surface area contributed by atoms with Crippen molar-refractivity contribution in [2.45, 2.75) is 19.4 Å². The Bertz CT molecular complexity index is 288. The highest BCUT2D eigenvalue weighted by atomic mass is 79.9. The van der Waals surface area contributed by atoms with Gasteiger partial charge < -0.3 is 10.5 Å². The first-order chi connectivity index (χ1) is 6.19. The second-order valence-corrected chi connectivity index (χ2v) is 3.82. The minimum absolute atomic E-state index is 0.0584. The third-order valence-electron chi connectivity index (χ3n) is 2.03. The van der Waals surface area contributed by atoms with Gasteiger partial charge in [0.2, 0.25) is 0 Å². The second kappa shape index (κ2) is 4.63. The van der Waals surface area contributed by atoms with Gasteiger partial charge in [0.05, 0.1) is 7.11 Å². The first kappa shape index (κ1) is 10.5. The lowest BCUT2D eigenvalue weighted by atomic mass is 10.0. The number of methoxy groups -OCH3 is 1. The summed E-state index contributed by atoms with van der Waals surface area (Å²) >= 11 is 3.39. The zero-order valence-electron chi connectivity index (χ0n) is 7.88. The quantitative estimate of drug-likeness (QED) is 0.887. The zero-order valence-corrected chi connectivity index (χ0v) is 9.47. The monoisotopic (exact) mass is 243 g/mol. The van der Waals surface area contributed by atoms with E-state index in [9.17, 15) is 0 Å². The van der Waals surface area contributed by atoms with Gasteiger partial charge in [-0.15, -0.1) is 0 Å². The van der Waals surface area contributed by atoms with Crippen molar-refractivity contribution in [3.63, 3.8) is 0 Å². The van der Waals surface area contributed by atoms with E-state index in [1.54, 1.807) is 7.11 Å². The molecule has 2 nitrogen and oxygen atoms in total. The van der Waals surface area contributed by atoms with Crippen molar-refractivity contribution in [3.05, 3.63) is 28.2 Å². The third kappa shape index (κ3) is 2.45. The smallest absolute Gasteiger partial charge is 0.124 e. The van der Waals surface area contributed by atoms with E-state index in [4.69, 9.17) is 10.5 Å². The molecule has 0 aliphatic carbocycles. The van der Waals surface area contributed by atoms with Gasteiger partial charge in [-0.05, 0) is 18.6 Å². The average Bonchev–Trinajstić information content (AvgIpc) is 2.16. The predicted molar refractivity (Wildman–Crippen MR) is 57.9 cm³/mol. The molecule has 1 unspecified atom stereocenters. The molecule has 13 heavy (non-hydrogen) atoms. The lowest BCUT2D eigenvalue weighted by Crippen LogP contribution is -2.09. The van der Waals surface area contributed by atoms with Crippen molar-refractivity contribution in [2.75, 3.05) is 7.11 Å². The van der Waals surface area contributed by atoms with Gasteiger partial charge in [0.25, 0.3) is 0 Å². The number of hydrogen-bond donors (Lipinski definition) is 1. The molecule has 0 radical (unpaired) electrons. The summed E-state index contributed by atoms with van der Waals surface area (Å²) in [7, 11) is 1.66. The average molecular weight is 244 g/mol. The molecular weight excluding hydrogens is 230 g/mol. The second-order valence-electron chi connectivity index (χ2n) is 2.90. The van der Waals surface area contributed by atoms with Crippen LogP contribution in [0.3, 0.4) is 0 Å². The fourth-order valence-corrected chi connectivity index (χ4v) is 1.55. The van der Waals surface area contributed by atoms with E-state index >= 15 is 0 Å². The molecule has 1 aromatic rings. The van der Waals surface area contributed by atoms with E-state index in [2.05, 4.69) is 22.9 Å². The molecule has 72 valence electrons. The molecule has 3 heteroatoms. The lowest BCUT2D eigenvalue weighted by molar-refractivity contribution is 0.404. The molecule has 1 aromatic carbocycles. The number of hydrogen-bond acceptors (Lipinski definition) is 2. The van der Waals surface area contributed by atoms with Crippen molar-refractivity contribution in [1.82, 2.24) is 0 Å². The first-order valence-electron chi connectivity index (χ1n) is 4.28. The van der Waals surface area contributed by atoms with Crippen LogP contribution in [-0.2, 0) is 0 Å². The minimum atomic E-state index is 0.0584. The summed E-state index contributed by atoms with van der Waals surface area (Å²) in [5.41, 5.74) is 6.99.